The van der Waals surface area contributed by atoms with Crippen LogP contribution in [0.1, 0.15) is 31.9 Å². The van der Waals surface area contributed by atoms with Crippen LogP contribution in [-0.4, -0.2) is 35.9 Å². The van der Waals surface area contributed by atoms with Gasteiger partial charge in [-0.05, 0) is 55.7 Å². The second-order valence-corrected chi connectivity index (χ2v) is 7.42. The molecule has 1 atom stereocenters. The molecule has 0 unspecified atom stereocenters. The van der Waals surface area contributed by atoms with Crippen molar-refractivity contribution in [3.05, 3.63) is 64.1 Å². The van der Waals surface area contributed by atoms with E-state index in [2.05, 4.69) is 28.2 Å². The molecule has 0 saturated heterocycles. The zero-order valence-corrected chi connectivity index (χ0v) is 18.2. The van der Waals surface area contributed by atoms with Crippen LogP contribution in [0.25, 0.3) is 0 Å². The van der Waals surface area contributed by atoms with Gasteiger partial charge in [-0.15, -0.1) is 0 Å². The molecule has 2 aromatic rings. The normalized spacial score (nSPS) is 11.6. The summed E-state index contributed by atoms with van der Waals surface area (Å²) in [4.78, 5) is 26.7. The third-order valence-electron chi connectivity index (χ3n) is 4.48. The zero-order valence-electron chi connectivity index (χ0n) is 16.6. The Labute approximate surface area is 175 Å². The first-order chi connectivity index (χ1) is 13.4. The molecule has 0 radical (unpaired) electrons. The third kappa shape index (κ3) is 6.37. The molecule has 0 spiro atoms. The maximum Gasteiger partial charge on any atom is 0.261 e. The Kier molecular flexibility index (Phi) is 8.51. The van der Waals surface area contributed by atoms with E-state index in [4.69, 9.17) is 4.74 Å². The lowest BCUT2D eigenvalue weighted by Crippen LogP contribution is -2.49. The van der Waals surface area contributed by atoms with Crippen LogP contribution < -0.4 is 10.1 Å². The number of amides is 2. The zero-order chi connectivity index (χ0) is 20.5. The lowest BCUT2D eigenvalue weighted by Gasteiger charge is -2.28. The molecule has 5 nitrogen and oxygen atoms in total. The molecule has 6 heteroatoms. The highest BCUT2D eigenvalue weighted by Gasteiger charge is 2.26. The molecule has 0 aliphatic rings. The van der Waals surface area contributed by atoms with Gasteiger partial charge in [0.2, 0.25) is 5.91 Å². The average Bonchev–Trinajstić information content (AvgIpc) is 2.71. The van der Waals surface area contributed by atoms with Gasteiger partial charge in [-0.25, -0.2) is 0 Å². The lowest BCUT2D eigenvalue weighted by molar-refractivity contribution is -0.142. The van der Waals surface area contributed by atoms with Gasteiger partial charge >= 0.3 is 0 Å². The van der Waals surface area contributed by atoms with Gasteiger partial charge in [-0.3, -0.25) is 9.59 Å². The van der Waals surface area contributed by atoms with Crippen molar-refractivity contribution in [3.8, 4) is 5.75 Å². The Morgan fingerprint density at radius 3 is 2.21 bits per heavy atom. The minimum Gasteiger partial charge on any atom is -0.484 e. The summed E-state index contributed by atoms with van der Waals surface area (Å²) in [6, 6.07) is 14.8. The molecular formula is C22H27BrN2O3. The molecule has 0 saturated carbocycles. The Morgan fingerprint density at radius 2 is 1.64 bits per heavy atom. The Bertz CT molecular complexity index is 775. The van der Waals surface area contributed by atoms with Crippen molar-refractivity contribution in [1.29, 1.82) is 0 Å². The first kappa shape index (κ1) is 22.0. The average molecular weight is 447 g/mol. The molecule has 2 aromatic carbocycles. The second-order valence-electron chi connectivity index (χ2n) is 6.50. The summed E-state index contributed by atoms with van der Waals surface area (Å²) in [6.45, 7) is 6.41. The van der Waals surface area contributed by atoms with E-state index in [0.29, 0.717) is 18.8 Å². The fourth-order valence-electron chi connectivity index (χ4n) is 2.74. The van der Waals surface area contributed by atoms with Crippen LogP contribution >= 0.6 is 15.9 Å². The van der Waals surface area contributed by atoms with Crippen molar-refractivity contribution < 1.29 is 14.3 Å². The van der Waals surface area contributed by atoms with Gasteiger partial charge < -0.3 is 15.0 Å². The van der Waals surface area contributed by atoms with Crippen molar-refractivity contribution in [2.24, 2.45) is 0 Å². The smallest absolute Gasteiger partial charge is 0.261 e. The van der Waals surface area contributed by atoms with Crippen molar-refractivity contribution in [1.82, 2.24) is 10.2 Å². The lowest BCUT2D eigenvalue weighted by atomic mass is 10.1. The summed E-state index contributed by atoms with van der Waals surface area (Å²) in [5, 5.41) is 2.78. The standard InChI is InChI=1S/C22H27BrN2O3/c1-4-17-8-12-20(13-9-17)28-15-21(26)25(16(3)22(27)24-5-2)14-18-6-10-19(23)11-7-18/h6-13,16H,4-5,14-15H2,1-3H3,(H,24,27)/t16-/m1/s1. The molecule has 150 valence electrons. The molecule has 28 heavy (non-hydrogen) atoms. The largest absolute Gasteiger partial charge is 0.484 e. The van der Waals surface area contributed by atoms with Crippen molar-refractivity contribution >= 4 is 27.7 Å². The quantitative estimate of drug-likeness (QED) is 0.634. The summed E-state index contributed by atoms with van der Waals surface area (Å²) >= 11 is 3.41. The van der Waals surface area contributed by atoms with Crippen LogP contribution in [0.2, 0.25) is 0 Å². The third-order valence-corrected chi connectivity index (χ3v) is 5.01. The fourth-order valence-corrected chi connectivity index (χ4v) is 3.00. The number of hydrogen-bond donors (Lipinski definition) is 1. The molecule has 0 aromatic heterocycles. The van der Waals surface area contributed by atoms with Gasteiger partial charge in [-0.1, -0.05) is 47.1 Å². The van der Waals surface area contributed by atoms with Crippen molar-refractivity contribution in [3.63, 3.8) is 0 Å². The monoisotopic (exact) mass is 446 g/mol. The maximum absolute atomic E-state index is 12.9. The predicted octanol–water partition coefficient (Wildman–Crippen LogP) is 3.94. The van der Waals surface area contributed by atoms with Crippen molar-refractivity contribution in [2.45, 2.75) is 39.8 Å². The molecule has 0 bridgehead atoms. The van der Waals surface area contributed by atoms with E-state index >= 15 is 0 Å². The number of aryl methyl sites for hydroxylation is 1. The minimum absolute atomic E-state index is 0.119. The number of likely N-dealkylation sites (N-methyl/N-ethyl adjacent to an activating group) is 1. The summed E-state index contributed by atoms with van der Waals surface area (Å²) in [6.07, 6.45) is 0.949. The number of nitrogens with one attached hydrogen (secondary N) is 1. The molecule has 2 amide bonds. The van der Waals surface area contributed by atoms with Gasteiger partial charge in [0.15, 0.2) is 6.61 Å². The molecule has 0 heterocycles. The van der Waals surface area contributed by atoms with Gasteiger partial charge in [0.05, 0.1) is 0 Å². The predicted molar refractivity (Wildman–Crippen MR) is 114 cm³/mol. The first-order valence-electron chi connectivity index (χ1n) is 9.48. The number of carbonyl (C=O) groups excluding carboxylic acids is 2. The first-order valence-corrected chi connectivity index (χ1v) is 10.3. The molecule has 0 fully saturated rings. The van der Waals surface area contributed by atoms with E-state index < -0.39 is 6.04 Å². The summed E-state index contributed by atoms with van der Waals surface area (Å²) < 4.78 is 6.63. The van der Waals surface area contributed by atoms with E-state index in [1.54, 1.807) is 11.8 Å². The number of rotatable bonds is 9. The molecule has 2 rings (SSSR count). The Balaban J connectivity index is 2.10. The minimum atomic E-state index is -0.595. The van der Waals surface area contributed by atoms with Gasteiger partial charge in [-0.2, -0.15) is 0 Å². The summed E-state index contributed by atoms with van der Waals surface area (Å²) in [5.41, 5.74) is 2.15. The fraction of sp³-hybridized carbons (Fsp3) is 0.364. The summed E-state index contributed by atoms with van der Waals surface area (Å²) in [5.74, 6) is 0.223. The highest BCUT2D eigenvalue weighted by Crippen LogP contribution is 2.16. The van der Waals surface area contributed by atoms with Crippen LogP contribution in [-0.2, 0) is 22.6 Å². The number of nitrogens with zero attached hydrogens (tertiary/aromatic N) is 1. The Morgan fingerprint density at radius 1 is 1.04 bits per heavy atom. The van der Waals surface area contributed by atoms with Crippen molar-refractivity contribution in [2.75, 3.05) is 13.2 Å². The topological polar surface area (TPSA) is 58.6 Å². The van der Waals surface area contributed by atoms with Crippen LogP contribution in [0.5, 0.6) is 5.75 Å². The molecule has 0 aliphatic heterocycles. The van der Waals surface area contributed by atoms with E-state index in [1.165, 1.54) is 5.56 Å². The van der Waals surface area contributed by atoms with E-state index in [0.717, 1.165) is 16.5 Å². The Hall–Kier alpha value is -2.34. The summed E-state index contributed by atoms with van der Waals surface area (Å²) in [7, 11) is 0. The van der Waals surface area contributed by atoms with E-state index in [1.807, 2.05) is 55.5 Å². The highest BCUT2D eigenvalue weighted by atomic mass is 79.9. The number of halogens is 1. The molecule has 0 aliphatic carbocycles. The van der Waals surface area contributed by atoms with E-state index in [-0.39, 0.29) is 18.4 Å². The van der Waals surface area contributed by atoms with Gasteiger partial charge in [0.1, 0.15) is 11.8 Å². The number of carbonyl (C=O) groups is 2. The molecule has 1 N–H and O–H groups in total. The van der Waals surface area contributed by atoms with Crippen LogP contribution in [0.4, 0.5) is 0 Å². The molecular weight excluding hydrogens is 420 g/mol. The number of benzene rings is 2. The van der Waals surface area contributed by atoms with E-state index in [9.17, 15) is 9.59 Å². The van der Waals surface area contributed by atoms with Crippen LogP contribution in [0, 0.1) is 0 Å². The van der Waals surface area contributed by atoms with Crippen LogP contribution in [0.15, 0.2) is 53.0 Å². The SMILES string of the molecule is CCNC(=O)[C@@H](C)N(Cc1ccc(Br)cc1)C(=O)COc1ccc(CC)cc1. The maximum atomic E-state index is 12.9. The van der Waals surface area contributed by atoms with Gasteiger partial charge in [0, 0.05) is 17.6 Å². The number of hydrogen-bond acceptors (Lipinski definition) is 3. The number of ether oxygens (including phenoxy) is 1. The van der Waals surface area contributed by atoms with Crippen LogP contribution in [0.3, 0.4) is 0 Å². The van der Waals surface area contributed by atoms with Gasteiger partial charge in [0.25, 0.3) is 5.91 Å². The second kappa shape index (κ2) is 10.9. The highest BCUT2D eigenvalue weighted by molar-refractivity contribution is 9.10.